The van der Waals surface area contributed by atoms with Gasteiger partial charge in [0.25, 0.3) is 5.91 Å². The molecule has 156 valence electrons. The average molecular weight is 409 g/mol. The van der Waals surface area contributed by atoms with Gasteiger partial charge in [0, 0.05) is 36.2 Å². The molecule has 3 N–H and O–H groups in total. The molecule has 0 aliphatic heterocycles. The third kappa shape index (κ3) is 5.22. The van der Waals surface area contributed by atoms with E-state index in [0.29, 0.717) is 28.3 Å². The van der Waals surface area contributed by atoms with Crippen molar-refractivity contribution in [3.05, 3.63) is 77.6 Å². The lowest BCUT2D eigenvalue weighted by Crippen LogP contribution is -2.34. The van der Waals surface area contributed by atoms with E-state index in [4.69, 9.17) is 0 Å². The van der Waals surface area contributed by atoms with E-state index in [9.17, 15) is 14.0 Å². The van der Waals surface area contributed by atoms with Gasteiger partial charge in [-0.3, -0.25) is 4.79 Å². The van der Waals surface area contributed by atoms with Gasteiger partial charge in [-0.05, 0) is 62.7 Å². The van der Waals surface area contributed by atoms with Gasteiger partial charge in [0.05, 0.1) is 5.69 Å². The number of carbonyl (C=O) groups is 2. The van der Waals surface area contributed by atoms with Crippen LogP contribution in [0.15, 0.2) is 54.9 Å². The van der Waals surface area contributed by atoms with Crippen molar-refractivity contribution >= 4 is 17.6 Å². The molecule has 8 heteroatoms. The fourth-order valence-corrected chi connectivity index (χ4v) is 2.91. The third-order valence-corrected chi connectivity index (χ3v) is 4.38. The highest BCUT2D eigenvalue weighted by atomic mass is 19.1. The van der Waals surface area contributed by atoms with Crippen molar-refractivity contribution in [2.24, 2.45) is 0 Å². The molecule has 1 heterocycles. The zero-order valence-corrected chi connectivity index (χ0v) is 17.1. The highest BCUT2D eigenvalue weighted by molar-refractivity contribution is 5.95. The Morgan fingerprint density at radius 1 is 1.13 bits per heavy atom. The van der Waals surface area contributed by atoms with Crippen LogP contribution in [0.2, 0.25) is 0 Å². The predicted molar refractivity (Wildman–Crippen MR) is 113 cm³/mol. The van der Waals surface area contributed by atoms with E-state index in [0.717, 1.165) is 0 Å². The van der Waals surface area contributed by atoms with Crippen LogP contribution >= 0.6 is 0 Å². The summed E-state index contributed by atoms with van der Waals surface area (Å²) in [5.41, 5.74) is 2.07. The van der Waals surface area contributed by atoms with E-state index < -0.39 is 5.82 Å². The molecule has 7 nitrogen and oxygen atoms in total. The van der Waals surface area contributed by atoms with E-state index in [-0.39, 0.29) is 24.5 Å². The Labute approximate surface area is 174 Å². The van der Waals surface area contributed by atoms with Crippen LogP contribution in [0.5, 0.6) is 0 Å². The highest BCUT2D eigenvalue weighted by Gasteiger charge is 2.10. The summed E-state index contributed by atoms with van der Waals surface area (Å²) in [5, 5.41) is 8.19. The summed E-state index contributed by atoms with van der Waals surface area (Å²) in [4.78, 5) is 28.2. The number of amides is 3. The SMILES string of the molecule is Cc1nccn1-c1ccc(CNC(=O)c2ccc(NC(=O)NC(C)C)cc2)cc1F. The molecule has 0 bridgehead atoms. The normalized spacial score (nSPS) is 10.7. The molecule has 0 saturated heterocycles. The van der Waals surface area contributed by atoms with Gasteiger partial charge in [-0.25, -0.2) is 14.2 Å². The Kier molecular flexibility index (Phi) is 6.46. The molecular weight excluding hydrogens is 385 g/mol. The topological polar surface area (TPSA) is 88.1 Å². The number of imidazole rings is 1. The monoisotopic (exact) mass is 409 g/mol. The van der Waals surface area contributed by atoms with Gasteiger partial charge in [0.15, 0.2) is 0 Å². The summed E-state index contributed by atoms with van der Waals surface area (Å²) in [7, 11) is 0. The number of anilines is 1. The van der Waals surface area contributed by atoms with Crippen LogP contribution in [0.1, 0.15) is 35.6 Å². The number of nitrogens with zero attached hydrogens (tertiary/aromatic N) is 2. The van der Waals surface area contributed by atoms with E-state index in [1.165, 1.54) is 6.07 Å². The molecule has 3 rings (SSSR count). The van der Waals surface area contributed by atoms with Crippen LogP contribution in [0.25, 0.3) is 5.69 Å². The minimum atomic E-state index is -0.391. The van der Waals surface area contributed by atoms with Gasteiger partial charge < -0.3 is 20.5 Å². The van der Waals surface area contributed by atoms with E-state index in [1.807, 2.05) is 13.8 Å². The number of halogens is 1. The smallest absolute Gasteiger partial charge is 0.319 e. The number of aromatic nitrogens is 2. The number of aryl methyl sites for hydroxylation is 1. The maximum atomic E-state index is 14.5. The molecule has 0 radical (unpaired) electrons. The van der Waals surface area contributed by atoms with E-state index >= 15 is 0 Å². The molecule has 30 heavy (non-hydrogen) atoms. The Morgan fingerprint density at radius 3 is 2.47 bits per heavy atom. The minimum Gasteiger partial charge on any atom is -0.348 e. The molecule has 0 fully saturated rings. The molecular formula is C22H24FN5O2. The number of nitrogens with one attached hydrogen (secondary N) is 3. The van der Waals surface area contributed by atoms with Crippen molar-refractivity contribution in [2.75, 3.05) is 5.32 Å². The minimum absolute atomic E-state index is 0.0259. The Hall–Kier alpha value is -3.68. The van der Waals surface area contributed by atoms with E-state index in [2.05, 4.69) is 20.9 Å². The van der Waals surface area contributed by atoms with Crippen molar-refractivity contribution in [2.45, 2.75) is 33.4 Å². The lowest BCUT2D eigenvalue weighted by molar-refractivity contribution is 0.0951. The van der Waals surface area contributed by atoms with Crippen LogP contribution in [-0.2, 0) is 6.54 Å². The van der Waals surface area contributed by atoms with Crippen molar-refractivity contribution in [1.29, 1.82) is 0 Å². The number of hydrogen-bond acceptors (Lipinski definition) is 3. The summed E-state index contributed by atoms with van der Waals surface area (Å²) in [6.07, 6.45) is 3.31. The fourth-order valence-electron chi connectivity index (χ4n) is 2.91. The zero-order valence-electron chi connectivity index (χ0n) is 17.1. The summed E-state index contributed by atoms with van der Waals surface area (Å²) < 4.78 is 16.1. The largest absolute Gasteiger partial charge is 0.348 e. The van der Waals surface area contributed by atoms with Crippen LogP contribution in [-0.4, -0.2) is 27.5 Å². The number of rotatable bonds is 6. The van der Waals surface area contributed by atoms with Crippen LogP contribution in [0.3, 0.4) is 0 Å². The van der Waals surface area contributed by atoms with Crippen molar-refractivity contribution in [1.82, 2.24) is 20.2 Å². The molecule has 0 aliphatic carbocycles. The van der Waals surface area contributed by atoms with Gasteiger partial charge in [-0.2, -0.15) is 0 Å². The van der Waals surface area contributed by atoms with Gasteiger partial charge in [0.1, 0.15) is 11.6 Å². The van der Waals surface area contributed by atoms with Crippen LogP contribution < -0.4 is 16.0 Å². The standard InChI is InChI=1S/C22H24FN5O2/c1-14(2)26-22(30)27-18-7-5-17(6-8-18)21(29)25-13-16-4-9-20(19(23)12-16)28-11-10-24-15(28)3/h4-12,14H,13H2,1-3H3,(H,25,29)(H2,26,27,30). The van der Waals surface area contributed by atoms with Gasteiger partial charge in [-0.15, -0.1) is 0 Å². The van der Waals surface area contributed by atoms with Crippen LogP contribution in [0.4, 0.5) is 14.9 Å². The lowest BCUT2D eigenvalue weighted by atomic mass is 10.1. The predicted octanol–water partition coefficient (Wildman–Crippen LogP) is 3.78. The Balaban J connectivity index is 1.58. The molecule has 0 saturated carbocycles. The molecule has 2 aromatic carbocycles. The van der Waals surface area contributed by atoms with Crippen molar-refractivity contribution < 1.29 is 14.0 Å². The van der Waals surface area contributed by atoms with E-state index in [1.54, 1.807) is 60.3 Å². The zero-order chi connectivity index (χ0) is 21.7. The van der Waals surface area contributed by atoms with Gasteiger partial charge >= 0.3 is 6.03 Å². The second-order valence-corrected chi connectivity index (χ2v) is 7.14. The second kappa shape index (κ2) is 9.21. The summed E-state index contributed by atoms with van der Waals surface area (Å²) in [6, 6.07) is 11.1. The first-order valence-electron chi connectivity index (χ1n) is 9.58. The van der Waals surface area contributed by atoms with Crippen LogP contribution in [0, 0.1) is 12.7 Å². The molecule has 0 aliphatic rings. The van der Waals surface area contributed by atoms with Crippen molar-refractivity contribution in [3.8, 4) is 5.69 Å². The first kappa shape index (κ1) is 21.0. The number of urea groups is 1. The molecule has 1 aromatic heterocycles. The molecule has 3 amide bonds. The quantitative estimate of drug-likeness (QED) is 0.579. The summed E-state index contributed by atoms with van der Waals surface area (Å²) >= 11 is 0. The highest BCUT2D eigenvalue weighted by Crippen LogP contribution is 2.17. The molecule has 3 aromatic rings. The third-order valence-electron chi connectivity index (χ3n) is 4.38. The second-order valence-electron chi connectivity index (χ2n) is 7.14. The summed E-state index contributed by atoms with van der Waals surface area (Å²) in [6.45, 7) is 5.72. The maximum absolute atomic E-state index is 14.5. The first-order chi connectivity index (χ1) is 14.3. The van der Waals surface area contributed by atoms with Gasteiger partial charge in [-0.1, -0.05) is 6.07 Å². The Bertz CT molecular complexity index is 1040. The number of carbonyl (C=O) groups excluding carboxylic acids is 2. The fraction of sp³-hybridized carbons (Fsp3) is 0.227. The summed E-state index contributed by atoms with van der Waals surface area (Å²) in [5.74, 6) is 0.00986. The average Bonchev–Trinajstić information content (AvgIpc) is 3.11. The molecule has 0 spiro atoms. The molecule has 0 atom stereocenters. The van der Waals surface area contributed by atoms with Crippen molar-refractivity contribution in [3.63, 3.8) is 0 Å². The number of hydrogen-bond donors (Lipinski definition) is 3. The van der Waals surface area contributed by atoms with Gasteiger partial charge in [0.2, 0.25) is 0 Å². The lowest BCUT2D eigenvalue weighted by Gasteiger charge is -2.11. The first-order valence-corrected chi connectivity index (χ1v) is 9.58. The molecule has 0 unspecified atom stereocenters. The Morgan fingerprint density at radius 2 is 1.87 bits per heavy atom. The number of benzene rings is 2. The maximum Gasteiger partial charge on any atom is 0.319 e.